The minimum Gasteiger partial charge on any atom is -0.455 e. The van der Waals surface area contributed by atoms with E-state index in [0.29, 0.717) is 11.8 Å². The number of nitrogens with one attached hydrogen (secondary N) is 1. The summed E-state index contributed by atoms with van der Waals surface area (Å²) < 4.78 is 5.58. The predicted octanol–water partition coefficient (Wildman–Crippen LogP) is 3.57. The number of carbonyl (C=O) groups is 2. The maximum absolute atomic E-state index is 12.7. The molecular weight excluding hydrogens is 358 g/mol. The van der Waals surface area contributed by atoms with E-state index in [0.717, 1.165) is 32.1 Å². The zero-order valence-electron chi connectivity index (χ0n) is 14.2. The van der Waals surface area contributed by atoms with Crippen molar-refractivity contribution in [2.75, 3.05) is 6.61 Å². The van der Waals surface area contributed by atoms with Gasteiger partial charge in [-0.05, 0) is 63.2 Å². The molecule has 2 atom stereocenters. The highest BCUT2D eigenvalue weighted by atomic mass is 79.9. The Morgan fingerprint density at radius 3 is 2.30 bits per heavy atom. The molecule has 1 amide bonds. The molecule has 4 aliphatic rings. The molecule has 2 unspecified atom stereocenters. The van der Waals surface area contributed by atoms with Crippen LogP contribution < -0.4 is 5.32 Å². The summed E-state index contributed by atoms with van der Waals surface area (Å²) in [4.78, 5) is 24.7. The van der Waals surface area contributed by atoms with Gasteiger partial charge in [0, 0.05) is 10.4 Å². The third-order valence-corrected chi connectivity index (χ3v) is 7.04. The van der Waals surface area contributed by atoms with Crippen LogP contribution in [0.1, 0.15) is 65.2 Å². The van der Waals surface area contributed by atoms with Crippen molar-refractivity contribution >= 4 is 27.8 Å². The lowest BCUT2D eigenvalue weighted by Crippen LogP contribution is -2.56. The van der Waals surface area contributed by atoms with E-state index in [4.69, 9.17) is 4.74 Å². The van der Waals surface area contributed by atoms with Crippen LogP contribution in [0.25, 0.3) is 0 Å². The Morgan fingerprint density at radius 1 is 1.17 bits per heavy atom. The summed E-state index contributed by atoms with van der Waals surface area (Å²) in [6.07, 6.45) is 8.21. The van der Waals surface area contributed by atoms with Crippen molar-refractivity contribution < 1.29 is 14.3 Å². The molecule has 4 fully saturated rings. The second kappa shape index (κ2) is 6.38. The zero-order chi connectivity index (χ0) is 16.7. The van der Waals surface area contributed by atoms with Gasteiger partial charge in [0.25, 0.3) is 5.91 Å². The van der Waals surface area contributed by atoms with Crippen molar-refractivity contribution in [1.29, 1.82) is 0 Å². The first kappa shape index (κ1) is 17.2. The van der Waals surface area contributed by atoms with Crippen LogP contribution >= 0.6 is 15.9 Å². The summed E-state index contributed by atoms with van der Waals surface area (Å²) in [5.74, 6) is 0.962. The van der Waals surface area contributed by atoms with E-state index in [1.54, 1.807) is 0 Å². The number of halogens is 1. The van der Waals surface area contributed by atoms with Gasteiger partial charge in [-0.2, -0.15) is 0 Å². The van der Waals surface area contributed by atoms with Gasteiger partial charge in [0.1, 0.15) is 0 Å². The van der Waals surface area contributed by atoms with Crippen molar-refractivity contribution in [1.82, 2.24) is 5.32 Å². The molecule has 4 bridgehead atoms. The first-order valence-electron chi connectivity index (χ1n) is 9.03. The first-order chi connectivity index (χ1) is 10.9. The fraction of sp³-hybridized carbons (Fsp3) is 0.889. The molecule has 4 saturated carbocycles. The van der Waals surface area contributed by atoms with Gasteiger partial charge in [0.05, 0.1) is 5.41 Å². The predicted molar refractivity (Wildman–Crippen MR) is 92.2 cm³/mol. The molecule has 0 aliphatic heterocycles. The van der Waals surface area contributed by atoms with Gasteiger partial charge < -0.3 is 10.1 Å². The zero-order valence-corrected chi connectivity index (χ0v) is 15.8. The summed E-state index contributed by atoms with van der Waals surface area (Å²) in [5.41, 5.74) is -0.344. The molecule has 4 nitrogen and oxygen atoms in total. The van der Waals surface area contributed by atoms with Gasteiger partial charge in [-0.3, -0.25) is 9.59 Å². The van der Waals surface area contributed by atoms with Gasteiger partial charge in [-0.1, -0.05) is 29.8 Å². The van der Waals surface area contributed by atoms with E-state index in [-0.39, 0.29) is 34.3 Å². The van der Waals surface area contributed by atoms with Crippen LogP contribution in [0.15, 0.2) is 0 Å². The van der Waals surface area contributed by atoms with E-state index < -0.39 is 0 Å². The van der Waals surface area contributed by atoms with Crippen molar-refractivity contribution in [3.63, 3.8) is 0 Å². The Bertz CT molecular complexity index is 475. The number of rotatable bonds is 6. The Kier molecular flexibility index (Phi) is 4.78. The molecule has 0 heterocycles. The standard InChI is InChI=1S/C18H28BrNO3/c1-3-14(4-2)20-15(21)10-23-16(22)17-6-12-5-13(7-17)9-18(19,8-12)11-17/h12-14H,3-11H2,1-2H3,(H,20,21). The second-order valence-corrected chi connectivity index (χ2v) is 9.73. The molecule has 4 rings (SSSR count). The van der Waals surface area contributed by atoms with Gasteiger partial charge in [-0.25, -0.2) is 0 Å². The van der Waals surface area contributed by atoms with Gasteiger partial charge in [-0.15, -0.1) is 0 Å². The molecule has 0 aromatic rings. The third kappa shape index (κ3) is 3.45. The van der Waals surface area contributed by atoms with Crippen LogP contribution in [-0.4, -0.2) is 28.8 Å². The highest BCUT2D eigenvalue weighted by Crippen LogP contribution is 2.64. The number of hydrogen-bond donors (Lipinski definition) is 1. The summed E-state index contributed by atoms with van der Waals surface area (Å²) in [5, 5.41) is 2.93. The maximum Gasteiger partial charge on any atom is 0.312 e. The molecule has 0 aromatic heterocycles. The Labute approximate surface area is 147 Å². The van der Waals surface area contributed by atoms with Crippen LogP contribution in [0.4, 0.5) is 0 Å². The Balaban J connectivity index is 1.57. The lowest BCUT2D eigenvalue weighted by atomic mass is 9.49. The molecule has 0 spiro atoms. The SMILES string of the molecule is CCC(CC)NC(=O)COC(=O)C12CC3CC(CC(Br)(C3)C1)C2. The van der Waals surface area contributed by atoms with Gasteiger partial charge in [0.2, 0.25) is 0 Å². The molecule has 1 N–H and O–H groups in total. The summed E-state index contributed by atoms with van der Waals surface area (Å²) in [6, 6.07) is 0.173. The lowest BCUT2D eigenvalue weighted by Gasteiger charge is -2.58. The largest absolute Gasteiger partial charge is 0.455 e. The fourth-order valence-corrected chi connectivity index (χ4v) is 6.89. The van der Waals surface area contributed by atoms with E-state index in [1.807, 2.05) is 13.8 Å². The average molecular weight is 386 g/mol. The normalized spacial score (nSPS) is 37.9. The summed E-state index contributed by atoms with van der Waals surface area (Å²) in [7, 11) is 0. The number of carbonyl (C=O) groups excluding carboxylic acids is 2. The molecule has 0 aromatic carbocycles. The van der Waals surface area contributed by atoms with Crippen LogP contribution in [0.2, 0.25) is 0 Å². The molecule has 5 heteroatoms. The Morgan fingerprint density at radius 2 is 1.78 bits per heavy atom. The van der Waals surface area contributed by atoms with E-state index in [9.17, 15) is 9.59 Å². The highest BCUT2D eigenvalue weighted by Gasteiger charge is 2.60. The van der Waals surface area contributed by atoms with E-state index in [1.165, 1.54) is 19.3 Å². The first-order valence-corrected chi connectivity index (χ1v) is 9.83. The van der Waals surface area contributed by atoms with Crippen molar-refractivity contribution in [3.8, 4) is 0 Å². The minimum absolute atomic E-state index is 0.133. The quantitative estimate of drug-likeness (QED) is 0.561. The number of esters is 1. The van der Waals surface area contributed by atoms with Crippen molar-refractivity contribution in [2.24, 2.45) is 17.3 Å². The average Bonchev–Trinajstić information content (AvgIpc) is 2.47. The van der Waals surface area contributed by atoms with E-state index >= 15 is 0 Å². The van der Waals surface area contributed by atoms with E-state index in [2.05, 4.69) is 21.2 Å². The van der Waals surface area contributed by atoms with Crippen LogP contribution in [0.5, 0.6) is 0 Å². The molecule has 130 valence electrons. The van der Waals surface area contributed by atoms with Gasteiger partial charge in [0.15, 0.2) is 6.61 Å². The molecular formula is C18H28BrNO3. The second-order valence-electron chi connectivity index (χ2n) is 8.05. The third-order valence-electron chi connectivity index (χ3n) is 6.11. The summed E-state index contributed by atoms with van der Waals surface area (Å²) >= 11 is 3.91. The maximum atomic E-state index is 12.7. The summed E-state index contributed by atoms with van der Waals surface area (Å²) in [6.45, 7) is 3.96. The van der Waals surface area contributed by atoms with Gasteiger partial charge >= 0.3 is 5.97 Å². The molecule has 4 aliphatic carbocycles. The number of alkyl halides is 1. The molecule has 23 heavy (non-hydrogen) atoms. The number of ether oxygens (including phenoxy) is 1. The lowest BCUT2D eigenvalue weighted by molar-refractivity contribution is -0.171. The monoisotopic (exact) mass is 385 g/mol. The smallest absolute Gasteiger partial charge is 0.312 e. The van der Waals surface area contributed by atoms with Crippen LogP contribution in [0, 0.1) is 17.3 Å². The fourth-order valence-electron chi connectivity index (χ4n) is 5.44. The molecule has 0 radical (unpaired) electrons. The minimum atomic E-state index is -0.344. The molecule has 0 saturated heterocycles. The van der Waals surface area contributed by atoms with Crippen molar-refractivity contribution in [3.05, 3.63) is 0 Å². The van der Waals surface area contributed by atoms with Crippen LogP contribution in [-0.2, 0) is 14.3 Å². The van der Waals surface area contributed by atoms with Crippen molar-refractivity contribution in [2.45, 2.75) is 75.6 Å². The highest BCUT2D eigenvalue weighted by molar-refractivity contribution is 9.10. The number of amides is 1. The number of hydrogen-bond acceptors (Lipinski definition) is 3. The van der Waals surface area contributed by atoms with Crippen LogP contribution in [0.3, 0.4) is 0 Å². The topological polar surface area (TPSA) is 55.4 Å². The Hall–Kier alpha value is -0.580.